The molecule has 2 rings (SSSR count). The minimum Gasteiger partial charge on any atom is -0.768 e. The summed E-state index contributed by atoms with van der Waals surface area (Å²) in [5.41, 5.74) is 0.926. The molecule has 98 valence electrons. The number of halogens is 1. The third-order valence-electron chi connectivity index (χ3n) is 2.37. The summed E-state index contributed by atoms with van der Waals surface area (Å²) in [6.07, 6.45) is 0. The van der Waals surface area contributed by atoms with Gasteiger partial charge in [-0.1, -0.05) is 28.1 Å². The standard InChI is InChI=1S/C13H10BrNO3S/c14-10-4-2-5-11(8-10)15-13(16)9-3-1-6-12(7-9)19(17)18/h1-8H,(H,15,16)(H,17,18)/p-1. The molecule has 0 heterocycles. The summed E-state index contributed by atoms with van der Waals surface area (Å²) in [5, 5.41) is 2.70. The van der Waals surface area contributed by atoms with Gasteiger partial charge in [0.25, 0.3) is 5.91 Å². The van der Waals surface area contributed by atoms with Gasteiger partial charge in [0, 0.05) is 20.6 Å². The summed E-state index contributed by atoms with van der Waals surface area (Å²) >= 11 is 0.963. The number of amides is 1. The Kier molecular flexibility index (Phi) is 4.47. The Hall–Kier alpha value is -1.50. The summed E-state index contributed by atoms with van der Waals surface area (Å²) in [4.78, 5) is 12.1. The molecule has 1 atom stereocenters. The van der Waals surface area contributed by atoms with Crippen LogP contribution in [0.2, 0.25) is 0 Å². The van der Waals surface area contributed by atoms with Crippen molar-refractivity contribution in [1.82, 2.24) is 0 Å². The Bertz CT molecular complexity index is 645. The average molecular weight is 339 g/mol. The van der Waals surface area contributed by atoms with Gasteiger partial charge in [-0.3, -0.25) is 9.00 Å². The second-order valence-corrected chi connectivity index (χ2v) is 5.58. The molecule has 0 aromatic heterocycles. The predicted octanol–water partition coefficient (Wildman–Crippen LogP) is 2.94. The lowest BCUT2D eigenvalue weighted by molar-refractivity contribution is 0.102. The number of nitrogens with one attached hydrogen (secondary N) is 1. The molecule has 0 spiro atoms. The van der Waals surface area contributed by atoms with E-state index in [1.165, 1.54) is 18.2 Å². The van der Waals surface area contributed by atoms with Crippen LogP contribution in [-0.4, -0.2) is 14.7 Å². The minimum atomic E-state index is -2.34. The summed E-state index contributed by atoms with van der Waals surface area (Å²) in [7, 11) is 0. The molecule has 2 aromatic rings. The van der Waals surface area contributed by atoms with Gasteiger partial charge in [-0.15, -0.1) is 0 Å². The predicted molar refractivity (Wildman–Crippen MR) is 75.7 cm³/mol. The van der Waals surface area contributed by atoms with Gasteiger partial charge >= 0.3 is 0 Å². The molecule has 4 nitrogen and oxygen atoms in total. The van der Waals surface area contributed by atoms with Crippen LogP contribution >= 0.6 is 15.9 Å². The van der Waals surface area contributed by atoms with E-state index in [2.05, 4.69) is 21.2 Å². The molecule has 0 aliphatic heterocycles. The van der Waals surface area contributed by atoms with E-state index in [0.29, 0.717) is 11.3 Å². The third-order valence-corrected chi connectivity index (χ3v) is 3.50. The zero-order chi connectivity index (χ0) is 13.8. The normalized spacial score (nSPS) is 11.9. The highest BCUT2D eigenvalue weighted by molar-refractivity contribution is 9.10. The van der Waals surface area contributed by atoms with Crippen LogP contribution in [0.4, 0.5) is 5.69 Å². The van der Waals surface area contributed by atoms with E-state index in [9.17, 15) is 13.6 Å². The van der Waals surface area contributed by atoms with E-state index in [1.54, 1.807) is 24.3 Å². The van der Waals surface area contributed by atoms with Crippen molar-refractivity contribution in [3.8, 4) is 0 Å². The van der Waals surface area contributed by atoms with Crippen molar-refractivity contribution < 1.29 is 13.6 Å². The first-order valence-electron chi connectivity index (χ1n) is 5.32. The van der Waals surface area contributed by atoms with Crippen LogP contribution in [0.15, 0.2) is 57.9 Å². The molecule has 0 bridgehead atoms. The molecule has 2 aromatic carbocycles. The zero-order valence-corrected chi connectivity index (χ0v) is 12.0. The summed E-state index contributed by atoms with van der Waals surface area (Å²) in [5.74, 6) is -0.356. The lowest BCUT2D eigenvalue weighted by Gasteiger charge is -2.08. The van der Waals surface area contributed by atoms with Gasteiger partial charge in [-0.25, -0.2) is 0 Å². The van der Waals surface area contributed by atoms with Gasteiger partial charge in [0.05, 0.1) is 0 Å². The van der Waals surface area contributed by atoms with Crippen LogP contribution in [0, 0.1) is 0 Å². The Labute approximate surface area is 121 Å². The maximum absolute atomic E-state index is 12.0. The van der Waals surface area contributed by atoms with Crippen molar-refractivity contribution in [1.29, 1.82) is 0 Å². The monoisotopic (exact) mass is 338 g/mol. The van der Waals surface area contributed by atoms with Gasteiger partial charge in [0.2, 0.25) is 0 Å². The minimum absolute atomic E-state index is 0.0851. The first-order chi connectivity index (χ1) is 9.06. The maximum Gasteiger partial charge on any atom is 0.255 e. The van der Waals surface area contributed by atoms with E-state index in [1.807, 2.05) is 6.07 Å². The first-order valence-corrected chi connectivity index (χ1v) is 7.19. The maximum atomic E-state index is 12.0. The van der Waals surface area contributed by atoms with Crippen molar-refractivity contribution in [3.63, 3.8) is 0 Å². The molecular formula is C13H9BrNO3S-. The van der Waals surface area contributed by atoms with Crippen molar-refractivity contribution >= 4 is 38.6 Å². The number of rotatable bonds is 3. The molecule has 0 aliphatic rings. The summed E-state index contributed by atoms with van der Waals surface area (Å²) < 4.78 is 22.5. The van der Waals surface area contributed by atoms with Crippen molar-refractivity contribution in [2.75, 3.05) is 5.32 Å². The number of hydrogen-bond acceptors (Lipinski definition) is 3. The van der Waals surface area contributed by atoms with Crippen molar-refractivity contribution in [2.24, 2.45) is 0 Å². The molecule has 0 radical (unpaired) electrons. The first kappa shape index (κ1) is 13.9. The average Bonchev–Trinajstić information content (AvgIpc) is 2.39. The quantitative estimate of drug-likeness (QED) is 0.874. The summed E-state index contributed by atoms with van der Waals surface area (Å²) in [6.45, 7) is 0. The Morgan fingerprint density at radius 2 is 1.89 bits per heavy atom. The molecule has 6 heteroatoms. The Balaban J connectivity index is 2.20. The lowest BCUT2D eigenvalue weighted by atomic mass is 10.2. The number of carbonyl (C=O) groups excluding carboxylic acids is 1. The highest BCUT2D eigenvalue weighted by Crippen LogP contribution is 2.17. The second-order valence-electron chi connectivity index (χ2n) is 3.73. The summed E-state index contributed by atoms with van der Waals surface area (Å²) in [6, 6.07) is 13.0. The number of hydrogen-bond donors (Lipinski definition) is 1. The van der Waals surface area contributed by atoms with E-state index >= 15 is 0 Å². The number of benzene rings is 2. The number of carbonyl (C=O) groups is 1. The van der Waals surface area contributed by atoms with Gasteiger partial charge in [0.15, 0.2) is 0 Å². The Morgan fingerprint density at radius 3 is 2.58 bits per heavy atom. The van der Waals surface area contributed by atoms with Crippen molar-refractivity contribution in [2.45, 2.75) is 4.90 Å². The third kappa shape index (κ3) is 3.73. The van der Waals surface area contributed by atoms with Crippen LogP contribution in [-0.2, 0) is 11.1 Å². The largest absolute Gasteiger partial charge is 0.768 e. The molecule has 0 fully saturated rings. The topological polar surface area (TPSA) is 69.2 Å². The SMILES string of the molecule is O=C(Nc1cccc(Br)c1)c1cccc(S(=O)[O-])c1. The highest BCUT2D eigenvalue weighted by atomic mass is 79.9. The van der Waals surface area contributed by atoms with Gasteiger partial charge in [-0.05, 0) is 47.5 Å². The molecule has 1 amide bonds. The van der Waals surface area contributed by atoms with Crippen LogP contribution in [0.5, 0.6) is 0 Å². The van der Waals surface area contributed by atoms with Gasteiger partial charge in [-0.2, -0.15) is 0 Å². The van der Waals surface area contributed by atoms with Gasteiger partial charge < -0.3 is 9.87 Å². The lowest BCUT2D eigenvalue weighted by Crippen LogP contribution is -2.12. The van der Waals surface area contributed by atoms with Crippen LogP contribution < -0.4 is 5.32 Å². The highest BCUT2D eigenvalue weighted by Gasteiger charge is 2.07. The molecule has 0 saturated heterocycles. The second kappa shape index (κ2) is 6.10. The molecular weight excluding hydrogens is 330 g/mol. The number of anilines is 1. The zero-order valence-electron chi connectivity index (χ0n) is 9.63. The van der Waals surface area contributed by atoms with E-state index < -0.39 is 11.1 Å². The van der Waals surface area contributed by atoms with Gasteiger partial charge in [0.1, 0.15) is 0 Å². The van der Waals surface area contributed by atoms with Crippen LogP contribution in [0.1, 0.15) is 10.4 Å². The fourth-order valence-corrected chi connectivity index (χ4v) is 2.32. The smallest absolute Gasteiger partial charge is 0.255 e. The van der Waals surface area contributed by atoms with Crippen LogP contribution in [0.25, 0.3) is 0 Å². The molecule has 1 N–H and O–H groups in total. The van der Waals surface area contributed by atoms with Crippen molar-refractivity contribution in [3.05, 3.63) is 58.6 Å². The molecule has 19 heavy (non-hydrogen) atoms. The molecule has 1 unspecified atom stereocenters. The molecule has 0 saturated carbocycles. The Morgan fingerprint density at radius 1 is 1.16 bits per heavy atom. The fourth-order valence-electron chi connectivity index (χ4n) is 1.51. The van der Waals surface area contributed by atoms with Crippen LogP contribution in [0.3, 0.4) is 0 Å². The molecule has 0 aliphatic carbocycles. The van der Waals surface area contributed by atoms with E-state index in [0.717, 1.165) is 4.47 Å². The van der Waals surface area contributed by atoms with E-state index in [4.69, 9.17) is 0 Å². The van der Waals surface area contributed by atoms with E-state index in [-0.39, 0.29) is 10.8 Å². The fraction of sp³-hybridized carbons (Fsp3) is 0.